The van der Waals surface area contributed by atoms with Crippen LogP contribution in [0.4, 0.5) is 11.6 Å². The van der Waals surface area contributed by atoms with Gasteiger partial charge in [0.1, 0.15) is 11.6 Å². The highest BCUT2D eigenvalue weighted by atomic mass is 16.2. The van der Waals surface area contributed by atoms with Gasteiger partial charge in [-0.05, 0) is 44.5 Å². The van der Waals surface area contributed by atoms with Crippen LogP contribution in [0.1, 0.15) is 47.9 Å². The first-order valence-corrected chi connectivity index (χ1v) is 10.4. The fourth-order valence-corrected chi connectivity index (χ4v) is 3.61. The van der Waals surface area contributed by atoms with Gasteiger partial charge in [0.25, 0.3) is 11.8 Å². The molecule has 1 saturated heterocycles. The summed E-state index contributed by atoms with van der Waals surface area (Å²) in [4.78, 5) is 35.8. The number of anilines is 2. The molecule has 2 amide bonds. The standard InChI is InChI=1S/C22H30N6O2/c1-4-23-18-12-16(6-9-25-18)20(29)27-14-22(3)8-11-28(15-22)21(30)17-7-10-26-19(13-17)24-5-2/h6-7,9-10,12-13H,4-5,8,11,14-15H2,1-3H3,(H,23,25)(H,24,26)(H,27,29). The Kier molecular flexibility index (Phi) is 6.87. The van der Waals surface area contributed by atoms with E-state index in [0.29, 0.717) is 42.4 Å². The molecule has 1 unspecified atom stereocenters. The molecule has 0 bridgehead atoms. The predicted molar refractivity (Wildman–Crippen MR) is 118 cm³/mol. The Balaban J connectivity index is 1.58. The van der Waals surface area contributed by atoms with Crippen LogP contribution in [0.2, 0.25) is 0 Å². The predicted octanol–water partition coefficient (Wildman–Crippen LogP) is 2.62. The fraction of sp³-hybridized carbons (Fsp3) is 0.455. The van der Waals surface area contributed by atoms with Crippen molar-refractivity contribution in [1.82, 2.24) is 20.2 Å². The van der Waals surface area contributed by atoms with Crippen molar-refractivity contribution in [2.24, 2.45) is 5.41 Å². The second-order valence-electron chi connectivity index (χ2n) is 7.89. The smallest absolute Gasteiger partial charge is 0.254 e. The van der Waals surface area contributed by atoms with Gasteiger partial charge in [0, 0.05) is 61.7 Å². The molecule has 160 valence electrons. The first-order chi connectivity index (χ1) is 14.4. The third kappa shape index (κ3) is 5.25. The maximum atomic E-state index is 12.9. The van der Waals surface area contributed by atoms with Gasteiger partial charge in [-0.1, -0.05) is 6.92 Å². The Bertz CT molecular complexity index is 903. The summed E-state index contributed by atoms with van der Waals surface area (Å²) in [5.41, 5.74) is 1.03. The Labute approximate surface area is 177 Å². The summed E-state index contributed by atoms with van der Waals surface area (Å²) in [5, 5.41) is 9.26. The van der Waals surface area contributed by atoms with Gasteiger partial charge in [-0.25, -0.2) is 9.97 Å². The van der Waals surface area contributed by atoms with Gasteiger partial charge < -0.3 is 20.9 Å². The number of nitrogens with one attached hydrogen (secondary N) is 3. The van der Waals surface area contributed by atoms with Gasteiger partial charge >= 0.3 is 0 Å². The van der Waals surface area contributed by atoms with Gasteiger partial charge in [0.15, 0.2) is 0 Å². The lowest BCUT2D eigenvalue weighted by Crippen LogP contribution is -2.39. The number of amides is 2. The van der Waals surface area contributed by atoms with Gasteiger partial charge in [0.2, 0.25) is 0 Å². The zero-order valence-electron chi connectivity index (χ0n) is 17.9. The van der Waals surface area contributed by atoms with E-state index in [-0.39, 0.29) is 17.2 Å². The van der Waals surface area contributed by atoms with E-state index in [1.807, 2.05) is 18.7 Å². The summed E-state index contributed by atoms with van der Waals surface area (Å²) < 4.78 is 0. The second kappa shape index (κ2) is 9.56. The van der Waals surface area contributed by atoms with Crippen molar-refractivity contribution in [3.63, 3.8) is 0 Å². The summed E-state index contributed by atoms with van der Waals surface area (Å²) in [5.74, 6) is 1.25. The molecular weight excluding hydrogens is 380 g/mol. The van der Waals surface area contributed by atoms with Crippen molar-refractivity contribution in [2.45, 2.75) is 27.2 Å². The summed E-state index contributed by atoms with van der Waals surface area (Å²) in [6.45, 7) is 9.35. The van der Waals surface area contributed by atoms with E-state index < -0.39 is 0 Å². The highest BCUT2D eigenvalue weighted by Crippen LogP contribution is 2.30. The second-order valence-corrected chi connectivity index (χ2v) is 7.89. The first-order valence-electron chi connectivity index (χ1n) is 10.4. The molecule has 1 fully saturated rings. The van der Waals surface area contributed by atoms with E-state index in [9.17, 15) is 9.59 Å². The molecule has 0 radical (unpaired) electrons. The minimum absolute atomic E-state index is 0.00369. The molecule has 1 aliphatic heterocycles. The molecule has 0 saturated carbocycles. The van der Waals surface area contributed by atoms with Crippen molar-refractivity contribution in [2.75, 3.05) is 43.4 Å². The van der Waals surface area contributed by atoms with Crippen LogP contribution in [0, 0.1) is 5.41 Å². The molecule has 0 aromatic carbocycles. The van der Waals surface area contributed by atoms with Crippen molar-refractivity contribution < 1.29 is 9.59 Å². The normalized spacial score (nSPS) is 18.2. The van der Waals surface area contributed by atoms with Crippen molar-refractivity contribution in [3.05, 3.63) is 47.8 Å². The zero-order valence-corrected chi connectivity index (χ0v) is 17.9. The highest BCUT2D eigenvalue weighted by Gasteiger charge is 2.36. The summed E-state index contributed by atoms with van der Waals surface area (Å²) in [6, 6.07) is 6.98. The number of aromatic nitrogens is 2. The van der Waals surface area contributed by atoms with Gasteiger partial charge in [0.05, 0.1) is 0 Å². The van der Waals surface area contributed by atoms with Gasteiger partial charge in [-0.15, -0.1) is 0 Å². The van der Waals surface area contributed by atoms with Crippen LogP contribution in [-0.2, 0) is 0 Å². The lowest BCUT2D eigenvalue weighted by Gasteiger charge is -2.25. The van der Waals surface area contributed by atoms with Crippen LogP contribution in [0.15, 0.2) is 36.7 Å². The van der Waals surface area contributed by atoms with Crippen molar-refractivity contribution >= 4 is 23.5 Å². The summed E-state index contributed by atoms with van der Waals surface area (Å²) in [7, 11) is 0. The number of rotatable bonds is 8. The van der Waals surface area contributed by atoms with Crippen LogP contribution in [-0.4, -0.2) is 59.4 Å². The van der Waals surface area contributed by atoms with E-state index in [2.05, 4.69) is 32.8 Å². The molecule has 2 aromatic rings. The number of likely N-dealkylation sites (tertiary alicyclic amines) is 1. The van der Waals surface area contributed by atoms with Crippen LogP contribution in [0.5, 0.6) is 0 Å². The summed E-state index contributed by atoms with van der Waals surface area (Å²) >= 11 is 0. The first kappa shape index (κ1) is 21.5. The molecule has 1 aliphatic rings. The third-order valence-corrected chi connectivity index (χ3v) is 5.27. The third-order valence-electron chi connectivity index (χ3n) is 5.27. The van der Waals surface area contributed by atoms with E-state index in [1.165, 1.54) is 0 Å². The molecule has 0 spiro atoms. The number of hydrogen-bond acceptors (Lipinski definition) is 6. The Hall–Kier alpha value is -3.16. The average Bonchev–Trinajstić information content (AvgIpc) is 3.15. The van der Waals surface area contributed by atoms with Crippen LogP contribution < -0.4 is 16.0 Å². The van der Waals surface area contributed by atoms with E-state index in [1.54, 1.807) is 36.7 Å². The molecule has 3 N–H and O–H groups in total. The van der Waals surface area contributed by atoms with E-state index in [0.717, 1.165) is 19.5 Å². The number of pyridine rings is 2. The average molecular weight is 411 g/mol. The molecule has 8 heteroatoms. The highest BCUT2D eigenvalue weighted by molar-refractivity contribution is 5.95. The Morgan fingerprint density at radius 3 is 2.27 bits per heavy atom. The van der Waals surface area contributed by atoms with Gasteiger partial charge in [-0.3, -0.25) is 9.59 Å². The number of hydrogen-bond donors (Lipinski definition) is 3. The number of nitrogens with zero attached hydrogens (tertiary/aromatic N) is 3. The molecule has 2 aromatic heterocycles. The molecule has 3 rings (SSSR count). The summed E-state index contributed by atoms with van der Waals surface area (Å²) in [6.07, 6.45) is 4.11. The molecule has 30 heavy (non-hydrogen) atoms. The minimum atomic E-state index is -0.166. The molecular formula is C22H30N6O2. The van der Waals surface area contributed by atoms with E-state index >= 15 is 0 Å². The lowest BCUT2D eigenvalue weighted by molar-refractivity contribution is 0.0774. The molecule has 3 heterocycles. The zero-order chi connectivity index (χ0) is 21.6. The topological polar surface area (TPSA) is 99.3 Å². The fourth-order valence-electron chi connectivity index (χ4n) is 3.61. The molecule has 1 atom stereocenters. The maximum absolute atomic E-state index is 12.9. The monoisotopic (exact) mass is 410 g/mol. The Morgan fingerprint density at radius 2 is 1.63 bits per heavy atom. The van der Waals surface area contributed by atoms with Crippen LogP contribution >= 0.6 is 0 Å². The van der Waals surface area contributed by atoms with Crippen LogP contribution in [0.25, 0.3) is 0 Å². The minimum Gasteiger partial charge on any atom is -0.370 e. The molecule has 0 aliphatic carbocycles. The lowest BCUT2D eigenvalue weighted by atomic mass is 9.89. The number of carbonyl (C=O) groups excluding carboxylic acids is 2. The largest absolute Gasteiger partial charge is 0.370 e. The van der Waals surface area contributed by atoms with Crippen LogP contribution in [0.3, 0.4) is 0 Å². The van der Waals surface area contributed by atoms with E-state index in [4.69, 9.17) is 0 Å². The van der Waals surface area contributed by atoms with Crippen molar-refractivity contribution in [3.8, 4) is 0 Å². The molecule has 8 nitrogen and oxygen atoms in total. The van der Waals surface area contributed by atoms with Gasteiger partial charge in [-0.2, -0.15) is 0 Å². The Morgan fingerprint density at radius 1 is 1.03 bits per heavy atom. The maximum Gasteiger partial charge on any atom is 0.254 e. The SMILES string of the molecule is CCNc1cc(C(=O)NCC2(C)CCN(C(=O)c3ccnc(NCC)c3)C2)ccn1. The number of carbonyl (C=O) groups is 2. The quantitative estimate of drug-likeness (QED) is 0.619. The van der Waals surface area contributed by atoms with Crippen molar-refractivity contribution in [1.29, 1.82) is 0 Å².